The number of anilines is 1. The number of imide groups is 2. The number of sulfonamides is 1. The quantitative estimate of drug-likeness (QED) is 0.0340. The molecule has 0 saturated carbocycles. The zero-order valence-corrected chi connectivity index (χ0v) is 43.8. The number of phenols is 1. The molecule has 77 heavy (non-hydrogen) atoms. The lowest BCUT2D eigenvalue weighted by atomic mass is 10.0. The van der Waals surface area contributed by atoms with Crippen molar-refractivity contribution in [2.75, 3.05) is 17.8 Å². The summed E-state index contributed by atoms with van der Waals surface area (Å²) in [5, 5.41) is 40.8. The van der Waals surface area contributed by atoms with Gasteiger partial charge in [0, 0.05) is 31.9 Å². The fourth-order valence-corrected chi connectivity index (χ4v) is 9.74. The average Bonchev–Trinajstić information content (AvgIpc) is 3.81. The Kier molecular flexibility index (Phi) is 19.9. The summed E-state index contributed by atoms with van der Waals surface area (Å²) in [7, 11) is -3.92. The standard InChI is InChI=1S/C31H34N4O7S.C25H29N3O6/c1-20(2)17-27(28(36)32-19-21-9-5-3-6-10-21)33-26(31(39)40)15-16-35-29(37)24-14-13-22(18-25(24)30(35)38)34-43(41,42)23-11-7-4-8-12-23;1-15(2)12-21(22(30)26-14-16-6-4-3-5-7-16)27-20(25(33)34)10-11-28-23(31)18-9-8-17(29)13-19(18)24(28)32/h3-14,18,20,26-27,33-34H,15-17,19H2,1-2H3,(H,32,36)(H,39,40);3-9,13,15,20-21,27,29H,10-12,14H2,1-2H3,(H,26,30)(H,33,34)/t26?,27-;20?,21-/m11/s1. The van der Waals surface area contributed by atoms with Crippen LogP contribution in [0.2, 0.25) is 0 Å². The minimum atomic E-state index is -3.92. The largest absolute Gasteiger partial charge is 0.508 e. The first-order valence-electron chi connectivity index (χ1n) is 25.0. The number of carboxylic acid groups (broad SMARTS) is 2. The third-order valence-corrected chi connectivity index (χ3v) is 14.0. The van der Waals surface area contributed by atoms with Gasteiger partial charge in [-0.1, -0.05) is 107 Å². The number of carboxylic acids is 2. The molecule has 0 radical (unpaired) electrons. The molecule has 2 heterocycles. The van der Waals surface area contributed by atoms with E-state index in [1.165, 1.54) is 48.5 Å². The molecule has 2 aliphatic heterocycles. The number of fused-ring (bicyclic) bond motifs is 2. The Labute approximate surface area is 446 Å². The van der Waals surface area contributed by atoms with Crippen molar-refractivity contribution in [1.82, 2.24) is 31.1 Å². The van der Waals surface area contributed by atoms with Crippen molar-refractivity contribution in [1.29, 1.82) is 0 Å². The van der Waals surface area contributed by atoms with Crippen LogP contribution >= 0.6 is 0 Å². The van der Waals surface area contributed by atoms with Crippen LogP contribution < -0.4 is 26.0 Å². The SMILES string of the molecule is CC(C)C[C@@H](NC(CCN1C(=O)c2ccc(NS(=O)(=O)c3ccccc3)cc2C1=O)C(=O)O)C(=O)NCc1ccccc1.CC(C)C[C@@H](NC(CCN1C(=O)c2ccc(O)cc2C1=O)C(=O)O)C(=O)NCc1ccccc1. The normalized spacial score (nSPS) is 14.5. The van der Waals surface area contributed by atoms with E-state index in [4.69, 9.17) is 0 Å². The molecule has 0 bridgehead atoms. The number of carbonyl (C=O) groups is 8. The lowest BCUT2D eigenvalue weighted by molar-refractivity contribution is -0.141. The topological polar surface area (TPSA) is 298 Å². The maximum atomic E-state index is 13.2. The van der Waals surface area contributed by atoms with Crippen LogP contribution in [0.1, 0.15) is 106 Å². The zero-order valence-electron chi connectivity index (χ0n) is 43.0. The molecule has 406 valence electrons. The lowest BCUT2D eigenvalue weighted by Gasteiger charge is -2.25. The Morgan fingerprint density at radius 3 is 1.31 bits per heavy atom. The summed E-state index contributed by atoms with van der Waals surface area (Å²) in [4.78, 5) is 103. The van der Waals surface area contributed by atoms with Crippen molar-refractivity contribution in [3.05, 3.63) is 161 Å². The van der Waals surface area contributed by atoms with Crippen LogP contribution in [0.25, 0.3) is 0 Å². The minimum absolute atomic E-state index is 0.0102. The Morgan fingerprint density at radius 2 is 0.896 bits per heavy atom. The number of nitrogens with one attached hydrogen (secondary N) is 5. The van der Waals surface area contributed by atoms with E-state index in [2.05, 4.69) is 26.0 Å². The van der Waals surface area contributed by atoms with Gasteiger partial charge >= 0.3 is 11.9 Å². The molecule has 20 nitrogen and oxygen atoms in total. The molecule has 2 aliphatic rings. The van der Waals surface area contributed by atoms with Crippen molar-refractivity contribution >= 4 is 63.1 Å². The number of rotatable bonds is 25. The van der Waals surface area contributed by atoms with Gasteiger partial charge in [-0.3, -0.25) is 63.5 Å². The molecule has 0 fully saturated rings. The van der Waals surface area contributed by atoms with Crippen molar-refractivity contribution < 1.29 is 62.1 Å². The highest BCUT2D eigenvalue weighted by Gasteiger charge is 2.39. The molecule has 4 atom stereocenters. The third kappa shape index (κ3) is 15.7. The third-order valence-electron chi connectivity index (χ3n) is 12.6. The molecule has 0 spiro atoms. The number of carbonyl (C=O) groups excluding carboxylic acids is 6. The van der Waals surface area contributed by atoms with Crippen molar-refractivity contribution in [2.24, 2.45) is 11.8 Å². The van der Waals surface area contributed by atoms with E-state index in [9.17, 15) is 62.1 Å². The molecule has 2 unspecified atom stereocenters. The van der Waals surface area contributed by atoms with Crippen molar-refractivity contribution in [3.63, 3.8) is 0 Å². The molecule has 0 saturated heterocycles. The van der Waals surface area contributed by atoms with E-state index in [1.54, 1.807) is 18.2 Å². The molecule has 0 aromatic heterocycles. The predicted molar refractivity (Wildman–Crippen MR) is 284 cm³/mol. The van der Waals surface area contributed by atoms with Gasteiger partial charge in [-0.2, -0.15) is 0 Å². The molecule has 0 aliphatic carbocycles. The number of aliphatic carboxylic acids is 2. The summed E-state index contributed by atoms with van der Waals surface area (Å²) in [5.41, 5.74) is 2.28. The number of hydrogen-bond donors (Lipinski definition) is 8. The summed E-state index contributed by atoms with van der Waals surface area (Å²) in [6, 6.07) is 30.4. The van der Waals surface area contributed by atoms with Gasteiger partial charge < -0.3 is 26.0 Å². The summed E-state index contributed by atoms with van der Waals surface area (Å²) < 4.78 is 27.8. The van der Waals surface area contributed by atoms with E-state index in [0.717, 1.165) is 20.9 Å². The first-order valence-corrected chi connectivity index (χ1v) is 26.5. The summed E-state index contributed by atoms with van der Waals surface area (Å²) in [6.45, 7) is 7.94. The second-order valence-electron chi connectivity index (χ2n) is 19.4. The van der Waals surface area contributed by atoms with Crippen LogP contribution in [0.5, 0.6) is 5.75 Å². The molecule has 6 amide bonds. The summed E-state index contributed by atoms with van der Waals surface area (Å²) in [6.07, 6.45) is 0.567. The number of nitrogens with zero attached hydrogens (tertiary/aromatic N) is 2. The first kappa shape index (κ1) is 58.0. The number of phenolic OH excluding ortho intramolecular Hbond substituents is 1. The molecular weight excluding hydrogens is 1010 g/mol. The fourth-order valence-electron chi connectivity index (χ4n) is 8.67. The smallest absolute Gasteiger partial charge is 0.320 e. The van der Waals surface area contributed by atoms with Gasteiger partial charge in [0.1, 0.15) is 17.8 Å². The number of benzene rings is 5. The Balaban J connectivity index is 0.000000257. The molecule has 7 rings (SSSR count). The van der Waals surface area contributed by atoms with Crippen LogP contribution in [0.4, 0.5) is 5.69 Å². The van der Waals surface area contributed by atoms with E-state index < -0.39 is 69.8 Å². The van der Waals surface area contributed by atoms with Gasteiger partial charge in [-0.25, -0.2) is 8.42 Å². The summed E-state index contributed by atoms with van der Waals surface area (Å²) >= 11 is 0. The van der Waals surface area contributed by atoms with Gasteiger partial charge in [-0.05, 0) is 97.2 Å². The maximum Gasteiger partial charge on any atom is 0.320 e. The van der Waals surface area contributed by atoms with E-state index in [1.807, 2.05) is 88.4 Å². The van der Waals surface area contributed by atoms with Gasteiger partial charge in [0.25, 0.3) is 33.7 Å². The molecule has 21 heteroatoms. The number of amides is 6. The Bertz CT molecular complexity index is 3070. The lowest BCUT2D eigenvalue weighted by Crippen LogP contribution is -2.52. The van der Waals surface area contributed by atoms with E-state index in [-0.39, 0.29) is 94.7 Å². The zero-order chi connectivity index (χ0) is 56.0. The monoisotopic (exact) mass is 1070 g/mol. The highest BCUT2D eigenvalue weighted by molar-refractivity contribution is 7.92. The number of aromatic hydroxyl groups is 1. The molecule has 5 aromatic rings. The molecular formula is C56H63N7O13S. The predicted octanol–water partition coefficient (Wildman–Crippen LogP) is 5.40. The second kappa shape index (κ2) is 26.5. The van der Waals surface area contributed by atoms with Crippen LogP contribution in [0.15, 0.2) is 132 Å². The highest BCUT2D eigenvalue weighted by atomic mass is 32.2. The van der Waals surface area contributed by atoms with E-state index >= 15 is 0 Å². The van der Waals surface area contributed by atoms with Crippen LogP contribution in [-0.2, 0) is 42.3 Å². The second-order valence-corrected chi connectivity index (χ2v) is 21.1. The van der Waals surface area contributed by atoms with Crippen LogP contribution in [0, 0.1) is 11.8 Å². The van der Waals surface area contributed by atoms with Crippen molar-refractivity contribution in [2.45, 2.75) is 95.5 Å². The Morgan fingerprint density at radius 1 is 0.506 bits per heavy atom. The van der Waals surface area contributed by atoms with Crippen LogP contribution in [-0.4, -0.2) is 118 Å². The van der Waals surface area contributed by atoms with E-state index in [0.29, 0.717) is 19.4 Å². The minimum Gasteiger partial charge on any atom is -0.508 e. The fraction of sp³-hybridized carbons (Fsp3) is 0.321. The highest BCUT2D eigenvalue weighted by Crippen LogP contribution is 2.29. The van der Waals surface area contributed by atoms with Gasteiger partial charge in [-0.15, -0.1) is 0 Å². The average molecular weight is 1070 g/mol. The van der Waals surface area contributed by atoms with Gasteiger partial charge in [0.15, 0.2) is 0 Å². The van der Waals surface area contributed by atoms with Gasteiger partial charge in [0.05, 0.1) is 39.2 Å². The number of hydrogen-bond acceptors (Lipinski definition) is 13. The molecule has 8 N–H and O–H groups in total. The molecule has 5 aromatic carbocycles. The first-order chi connectivity index (χ1) is 36.6. The van der Waals surface area contributed by atoms with Crippen molar-refractivity contribution in [3.8, 4) is 5.75 Å². The maximum absolute atomic E-state index is 13.2. The Hall–Kier alpha value is -8.27. The van der Waals surface area contributed by atoms with Crippen LogP contribution in [0.3, 0.4) is 0 Å². The summed E-state index contributed by atoms with van der Waals surface area (Å²) in [5.74, 6) is -5.40. The van der Waals surface area contributed by atoms with Gasteiger partial charge in [0.2, 0.25) is 11.8 Å².